The van der Waals surface area contributed by atoms with Crippen LogP contribution in [0, 0.1) is 5.92 Å². The van der Waals surface area contributed by atoms with E-state index in [1.54, 1.807) is 0 Å². The normalized spacial score (nSPS) is 31.1. The third-order valence-electron chi connectivity index (χ3n) is 3.63. The molecule has 94 valence electrons. The van der Waals surface area contributed by atoms with Crippen molar-refractivity contribution in [3.05, 3.63) is 0 Å². The maximum atomic E-state index is 10.0. The van der Waals surface area contributed by atoms with E-state index < -0.39 is 0 Å². The van der Waals surface area contributed by atoms with Crippen LogP contribution in [0.25, 0.3) is 0 Å². The maximum absolute atomic E-state index is 10.0. The number of rotatable bonds is 3. The molecule has 1 saturated carbocycles. The average Bonchev–Trinajstić information content (AvgIpc) is 2.62. The highest BCUT2D eigenvalue weighted by Gasteiger charge is 2.44. The minimum absolute atomic E-state index is 0.111. The molecule has 2 aliphatic rings. The van der Waals surface area contributed by atoms with Gasteiger partial charge in [-0.3, -0.25) is 0 Å². The number of aliphatic hydroxyl groups is 1. The van der Waals surface area contributed by atoms with Gasteiger partial charge in [0.15, 0.2) is 5.79 Å². The molecule has 1 saturated heterocycles. The lowest BCUT2D eigenvalue weighted by atomic mass is 9.94. The Labute approximate surface area is 98.1 Å². The molecule has 0 aromatic heterocycles. The van der Waals surface area contributed by atoms with Crippen LogP contribution in [0.2, 0.25) is 0 Å². The Morgan fingerprint density at radius 2 is 1.94 bits per heavy atom. The van der Waals surface area contributed by atoms with Gasteiger partial charge in [0.25, 0.3) is 0 Å². The fourth-order valence-corrected chi connectivity index (χ4v) is 2.75. The third kappa shape index (κ3) is 2.76. The molecule has 0 bridgehead atoms. The molecule has 0 radical (unpaired) electrons. The van der Waals surface area contributed by atoms with Crippen LogP contribution in [0.1, 0.15) is 52.4 Å². The lowest BCUT2D eigenvalue weighted by molar-refractivity contribution is -0.196. The SMILES string of the molecule is CC(C)C[C@@H](O)[C@H]1COC2(CCCCC2)O1. The minimum Gasteiger partial charge on any atom is -0.390 e. The van der Waals surface area contributed by atoms with Crippen molar-refractivity contribution >= 4 is 0 Å². The van der Waals surface area contributed by atoms with Crippen LogP contribution in [0.3, 0.4) is 0 Å². The molecule has 2 atom stereocenters. The highest BCUT2D eigenvalue weighted by atomic mass is 16.7. The van der Waals surface area contributed by atoms with Gasteiger partial charge in [0, 0.05) is 12.8 Å². The second-order valence-electron chi connectivity index (χ2n) is 5.64. The fourth-order valence-electron chi connectivity index (χ4n) is 2.75. The summed E-state index contributed by atoms with van der Waals surface area (Å²) in [6, 6.07) is 0. The van der Waals surface area contributed by atoms with Gasteiger partial charge in [-0.05, 0) is 25.2 Å². The molecule has 0 aromatic carbocycles. The fraction of sp³-hybridized carbons (Fsp3) is 1.00. The number of aliphatic hydroxyl groups excluding tert-OH is 1. The van der Waals surface area contributed by atoms with Crippen LogP contribution in [0.5, 0.6) is 0 Å². The lowest BCUT2D eigenvalue weighted by Gasteiger charge is -2.32. The van der Waals surface area contributed by atoms with Crippen LogP contribution in [-0.4, -0.2) is 29.7 Å². The zero-order valence-corrected chi connectivity index (χ0v) is 10.4. The van der Waals surface area contributed by atoms with Crippen LogP contribution in [-0.2, 0) is 9.47 Å². The van der Waals surface area contributed by atoms with Crippen LogP contribution < -0.4 is 0 Å². The minimum atomic E-state index is -0.374. The van der Waals surface area contributed by atoms with Crippen LogP contribution in [0.15, 0.2) is 0 Å². The molecule has 16 heavy (non-hydrogen) atoms. The molecular weight excluding hydrogens is 204 g/mol. The molecule has 0 aromatic rings. The van der Waals surface area contributed by atoms with Gasteiger partial charge in [0.05, 0.1) is 12.7 Å². The van der Waals surface area contributed by atoms with Crippen molar-refractivity contribution in [1.29, 1.82) is 0 Å². The second-order valence-corrected chi connectivity index (χ2v) is 5.64. The maximum Gasteiger partial charge on any atom is 0.169 e. The summed E-state index contributed by atoms with van der Waals surface area (Å²) in [5.74, 6) is 0.155. The lowest BCUT2D eigenvalue weighted by Crippen LogP contribution is -2.36. The molecule has 1 heterocycles. The third-order valence-corrected chi connectivity index (χ3v) is 3.63. The number of hydrogen-bond acceptors (Lipinski definition) is 3. The number of ether oxygens (including phenoxy) is 2. The van der Waals surface area contributed by atoms with E-state index in [9.17, 15) is 5.11 Å². The van der Waals surface area contributed by atoms with Gasteiger partial charge >= 0.3 is 0 Å². The largest absolute Gasteiger partial charge is 0.390 e. The summed E-state index contributed by atoms with van der Waals surface area (Å²) in [4.78, 5) is 0. The molecule has 0 unspecified atom stereocenters. The molecule has 2 fully saturated rings. The van der Waals surface area contributed by atoms with Gasteiger partial charge in [-0.1, -0.05) is 20.3 Å². The van der Waals surface area contributed by atoms with Gasteiger partial charge in [0.1, 0.15) is 6.10 Å². The summed E-state index contributed by atoms with van der Waals surface area (Å²) >= 11 is 0. The van der Waals surface area contributed by atoms with E-state index in [2.05, 4.69) is 13.8 Å². The summed E-state index contributed by atoms with van der Waals surface area (Å²) in [5.41, 5.74) is 0. The highest BCUT2D eigenvalue weighted by Crippen LogP contribution is 2.38. The van der Waals surface area contributed by atoms with Gasteiger partial charge in [-0.15, -0.1) is 0 Å². The summed E-state index contributed by atoms with van der Waals surface area (Å²) in [6.07, 6.45) is 5.97. The molecule has 1 aliphatic carbocycles. The molecular formula is C13H24O3. The first-order chi connectivity index (χ1) is 7.61. The monoisotopic (exact) mass is 228 g/mol. The first kappa shape index (κ1) is 12.3. The first-order valence-electron chi connectivity index (χ1n) is 6.61. The van der Waals surface area contributed by atoms with E-state index in [0.29, 0.717) is 12.5 Å². The van der Waals surface area contributed by atoms with Crippen molar-refractivity contribution < 1.29 is 14.6 Å². The van der Waals surface area contributed by atoms with E-state index in [1.807, 2.05) is 0 Å². The molecule has 3 nitrogen and oxygen atoms in total. The zero-order valence-electron chi connectivity index (χ0n) is 10.4. The Bertz CT molecular complexity index is 221. The average molecular weight is 228 g/mol. The van der Waals surface area contributed by atoms with E-state index >= 15 is 0 Å². The molecule has 2 rings (SSSR count). The van der Waals surface area contributed by atoms with Gasteiger partial charge < -0.3 is 14.6 Å². The number of hydrogen-bond donors (Lipinski definition) is 1. The molecule has 1 aliphatic heterocycles. The Kier molecular flexibility index (Phi) is 3.88. The molecule has 0 amide bonds. The standard InChI is InChI=1S/C13H24O3/c1-10(2)8-11(14)12-9-15-13(16-12)6-4-3-5-7-13/h10-12,14H,3-9H2,1-2H3/t11-,12-/m1/s1. The van der Waals surface area contributed by atoms with E-state index in [-0.39, 0.29) is 18.0 Å². The van der Waals surface area contributed by atoms with Crippen molar-refractivity contribution in [2.24, 2.45) is 5.92 Å². The Hall–Kier alpha value is -0.120. The van der Waals surface area contributed by atoms with E-state index in [0.717, 1.165) is 19.3 Å². The van der Waals surface area contributed by atoms with Crippen molar-refractivity contribution in [2.75, 3.05) is 6.61 Å². The van der Waals surface area contributed by atoms with Crippen molar-refractivity contribution in [2.45, 2.75) is 70.4 Å². The summed E-state index contributed by atoms with van der Waals surface area (Å²) in [7, 11) is 0. The zero-order chi connectivity index (χ0) is 11.6. The van der Waals surface area contributed by atoms with Crippen molar-refractivity contribution in [1.82, 2.24) is 0 Å². The predicted octanol–water partition coefficient (Wildman–Crippen LogP) is 2.47. The second kappa shape index (κ2) is 5.03. The molecule has 1 spiro atoms. The van der Waals surface area contributed by atoms with Gasteiger partial charge in [0.2, 0.25) is 0 Å². The van der Waals surface area contributed by atoms with E-state index in [1.165, 1.54) is 19.3 Å². The smallest absolute Gasteiger partial charge is 0.169 e. The van der Waals surface area contributed by atoms with Gasteiger partial charge in [-0.2, -0.15) is 0 Å². The van der Waals surface area contributed by atoms with Gasteiger partial charge in [-0.25, -0.2) is 0 Å². The Morgan fingerprint density at radius 3 is 2.56 bits per heavy atom. The Morgan fingerprint density at radius 1 is 1.25 bits per heavy atom. The van der Waals surface area contributed by atoms with E-state index in [4.69, 9.17) is 9.47 Å². The highest BCUT2D eigenvalue weighted by molar-refractivity contribution is 4.85. The summed E-state index contributed by atoms with van der Waals surface area (Å²) < 4.78 is 11.8. The summed E-state index contributed by atoms with van der Waals surface area (Å²) in [6.45, 7) is 4.80. The molecule has 1 N–H and O–H groups in total. The first-order valence-corrected chi connectivity index (χ1v) is 6.61. The summed E-state index contributed by atoms with van der Waals surface area (Å²) in [5, 5.41) is 10.0. The van der Waals surface area contributed by atoms with Crippen molar-refractivity contribution in [3.8, 4) is 0 Å². The van der Waals surface area contributed by atoms with Crippen molar-refractivity contribution in [3.63, 3.8) is 0 Å². The predicted molar refractivity (Wildman–Crippen MR) is 62.1 cm³/mol. The van der Waals surface area contributed by atoms with Crippen LogP contribution in [0.4, 0.5) is 0 Å². The Balaban J connectivity index is 1.86. The topological polar surface area (TPSA) is 38.7 Å². The molecule has 3 heteroatoms. The van der Waals surface area contributed by atoms with Crippen LogP contribution >= 0.6 is 0 Å². The quantitative estimate of drug-likeness (QED) is 0.806.